The van der Waals surface area contributed by atoms with Crippen molar-refractivity contribution in [3.05, 3.63) is 47.8 Å². The molecule has 0 spiro atoms. The maximum absolute atomic E-state index is 13.5. The van der Waals surface area contributed by atoms with Crippen LogP contribution < -0.4 is 4.74 Å². The Balaban J connectivity index is 1.74. The molecule has 1 aliphatic rings. The third-order valence-corrected chi connectivity index (χ3v) is 3.64. The Morgan fingerprint density at radius 1 is 1.42 bits per heavy atom. The molecular weight excluding hydrogens is 243 g/mol. The Hall–Kier alpha value is -1.84. The lowest BCUT2D eigenvalue weighted by atomic mass is 9.97. The molecule has 2 aromatic rings. The molecule has 0 fully saturated rings. The molecule has 0 bridgehead atoms. The Morgan fingerprint density at radius 2 is 2.26 bits per heavy atom. The van der Waals surface area contributed by atoms with Crippen molar-refractivity contribution < 1.29 is 9.13 Å². The maximum atomic E-state index is 13.5. The summed E-state index contributed by atoms with van der Waals surface area (Å²) in [5.74, 6) is 0.633. The van der Waals surface area contributed by atoms with E-state index in [9.17, 15) is 4.39 Å². The number of hydrogen-bond donors (Lipinski definition) is 0. The summed E-state index contributed by atoms with van der Waals surface area (Å²) < 4.78 is 21.2. The Morgan fingerprint density at radius 3 is 3.11 bits per heavy atom. The summed E-state index contributed by atoms with van der Waals surface area (Å²) in [6, 6.07) is 6.46. The topological polar surface area (TPSA) is 27.1 Å². The molecule has 0 radical (unpaired) electrons. The van der Waals surface area contributed by atoms with Crippen LogP contribution in [0.15, 0.2) is 30.6 Å². The Kier molecular flexibility index (Phi) is 3.23. The molecular formula is C15H17FN2O. The van der Waals surface area contributed by atoms with Crippen LogP contribution in [-0.4, -0.2) is 9.55 Å². The number of halogens is 1. The van der Waals surface area contributed by atoms with Gasteiger partial charge in [0.25, 0.3) is 0 Å². The van der Waals surface area contributed by atoms with Crippen LogP contribution in [0.1, 0.15) is 24.7 Å². The van der Waals surface area contributed by atoms with Crippen molar-refractivity contribution in [1.29, 1.82) is 0 Å². The van der Waals surface area contributed by atoms with E-state index in [2.05, 4.69) is 16.5 Å². The Bertz CT molecular complexity index is 579. The zero-order valence-corrected chi connectivity index (χ0v) is 11.0. The van der Waals surface area contributed by atoms with E-state index >= 15 is 0 Å². The summed E-state index contributed by atoms with van der Waals surface area (Å²) in [6.07, 6.45) is 4.08. The zero-order valence-electron chi connectivity index (χ0n) is 11.0. The van der Waals surface area contributed by atoms with Crippen LogP contribution in [-0.2, 0) is 19.6 Å². The number of para-hydroxylation sites is 1. The van der Waals surface area contributed by atoms with Gasteiger partial charge in [-0.3, -0.25) is 0 Å². The lowest BCUT2D eigenvalue weighted by Crippen LogP contribution is -2.17. The van der Waals surface area contributed by atoms with E-state index in [1.165, 1.54) is 18.2 Å². The van der Waals surface area contributed by atoms with Gasteiger partial charge in [0.1, 0.15) is 6.61 Å². The van der Waals surface area contributed by atoms with Crippen LogP contribution in [0.25, 0.3) is 0 Å². The zero-order chi connectivity index (χ0) is 13.2. The van der Waals surface area contributed by atoms with E-state index in [1.54, 1.807) is 18.2 Å². The summed E-state index contributed by atoms with van der Waals surface area (Å²) in [5, 5.41) is 0. The van der Waals surface area contributed by atoms with E-state index in [1.807, 2.05) is 6.33 Å². The first kappa shape index (κ1) is 12.2. The SMILES string of the molecule is CC1CCn2cnc(COc3ccccc3F)c2C1. The molecule has 0 aliphatic carbocycles. The molecule has 1 aromatic carbocycles. The minimum atomic E-state index is -0.330. The van der Waals surface area contributed by atoms with E-state index in [0.29, 0.717) is 12.5 Å². The van der Waals surface area contributed by atoms with Crippen molar-refractivity contribution in [2.45, 2.75) is 32.9 Å². The van der Waals surface area contributed by atoms with Crippen molar-refractivity contribution in [2.24, 2.45) is 5.92 Å². The van der Waals surface area contributed by atoms with Gasteiger partial charge in [-0.25, -0.2) is 9.37 Å². The second-order valence-electron chi connectivity index (χ2n) is 5.15. The highest BCUT2D eigenvalue weighted by Crippen LogP contribution is 2.24. The Labute approximate surface area is 112 Å². The van der Waals surface area contributed by atoms with Gasteiger partial charge in [-0.1, -0.05) is 19.1 Å². The first-order valence-corrected chi connectivity index (χ1v) is 6.64. The van der Waals surface area contributed by atoms with E-state index in [4.69, 9.17) is 4.74 Å². The van der Waals surface area contributed by atoms with Crippen LogP contribution in [0.2, 0.25) is 0 Å². The number of rotatable bonds is 3. The minimum absolute atomic E-state index is 0.285. The molecule has 100 valence electrons. The van der Waals surface area contributed by atoms with Gasteiger partial charge in [0.2, 0.25) is 0 Å². The van der Waals surface area contributed by atoms with Crippen molar-refractivity contribution in [3.8, 4) is 5.75 Å². The standard InChI is InChI=1S/C15H17FN2O/c1-11-6-7-18-10-17-13(14(18)8-11)9-19-15-5-3-2-4-12(15)16/h2-5,10-11H,6-9H2,1H3. The number of nitrogens with zero attached hydrogens (tertiary/aromatic N) is 2. The van der Waals surface area contributed by atoms with Gasteiger partial charge in [-0.05, 0) is 30.9 Å². The molecule has 0 amide bonds. The number of imidazole rings is 1. The summed E-state index contributed by atoms with van der Waals surface area (Å²) in [5.41, 5.74) is 2.16. The van der Waals surface area contributed by atoms with Gasteiger partial charge in [-0.2, -0.15) is 0 Å². The molecule has 1 aliphatic heterocycles. The first-order valence-electron chi connectivity index (χ1n) is 6.64. The van der Waals surface area contributed by atoms with Gasteiger partial charge in [0.15, 0.2) is 11.6 Å². The van der Waals surface area contributed by atoms with Crippen LogP contribution in [0, 0.1) is 11.7 Å². The van der Waals surface area contributed by atoms with Gasteiger partial charge < -0.3 is 9.30 Å². The van der Waals surface area contributed by atoms with Crippen LogP contribution in [0.5, 0.6) is 5.75 Å². The van der Waals surface area contributed by atoms with Gasteiger partial charge in [0, 0.05) is 12.2 Å². The quantitative estimate of drug-likeness (QED) is 0.847. The lowest BCUT2D eigenvalue weighted by molar-refractivity contribution is 0.283. The molecule has 1 unspecified atom stereocenters. The van der Waals surface area contributed by atoms with E-state index < -0.39 is 0 Å². The highest BCUT2D eigenvalue weighted by Gasteiger charge is 2.19. The largest absolute Gasteiger partial charge is 0.484 e. The maximum Gasteiger partial charge on any atom is 0.165 e. The van der Waals surface area contributed by atoms with Crippen molar-refractivity contribution in [1.82, 2.24) is 9.55 Å². The second-order valence-corrected chi connectivity index (χ2v) is 5.15. The fraction of sp³-hybridized carbons (Fsp3) is 0.400. The number of hydrogen-bond acceptors (Lipinski definition) is 2. The third kappa shape index (κ3) is 2.48. The molecule has 0 N–H and O–H groups in total. The van der Waals surface area contributed by atoms with Crippen molar-refractivity contribution >= 4 is 0 Å². The fourth-order valence-corrected chi connectivity index (χ4v) is 2.50. The molecule has 19 heavy (non-hydrogen) atoms. The van der Waals surface area contributed by atoms with E-state index in [-0.39, 0.29) is 11.6 Å². The number of ether oxygens (including phenoxy) is 1. The molecule has 1 aromatic heterocycles. The average Bonchev–Trinajstić information content (AvgIpc) is 2.80. The lowest BCUT2D eigenvalue weighted by Gasteiger charge is -2.21. The monoisotopic (exact) mass is 260 g/mol. The predicted molar refractivity (Wildman–Crippen MR) is 70.4 cm³/mol. The number of aryl methyl sites for hydroxylation is 1. The highest BCUT2D eigenvalue weighted by molar-refractivity contribution is 5.24. The van der Waals surface area contributed by atoms with Gasteiger partial charge in [-0.15, -0.1) is 0 Å². The van der Waals surface area contributed by atoms with Gasteiger partial charge >= 0.3 is 0 Å². The summed E-state index contributed by atoms with van der Waals surface area (Å²) in [7, 11) is 0. The van der Waals surface area contributed by atoms with Crippen LogP contribution >= 0.6 is 0 Å². The second kappa shape index (κ2) is 5.03. The molecule has 2 heterocycles. The predicted octanol–water partition coefficient (Wildman–Crippen LogP) is 3.18. The number of benzene rings is 1. The van der Waals surface area contributed by atoms with Crippen molar-refractivity contribution in [3.63, 3.8) is 0 Å². The summed E-state index contributed by atoms with van der Waals surface area (Å²) in [6.45, 7) is 3.59. The number of aromatic nitrogens is 2. The third-order valence-electron chi connectivity index (χ3n) is 3.64. The molecule has 3 rings (SSSR count). The molecule has 0 saturated heterocycles. The summed E-state index contributed by atoms with van der Waals surface area (Å²) in [4.78, 5) is 4.39. The first-order chi connectivity index (χ1) is 9.24. The highest BCUT2D eigenvalue weighted by atomic mass is 19.1. The van der Waals surface area contributed by atoms with Gasteiger partial charge in [0.05, 0.1) is 12.0 Å². The normalized spacial score (nSPS) is 18.1. The van der Waals surface area contributed by atoms with E-state index in [0.717, 1.165) is 18.7 Å². The number of fused-ring (bicyclic) bond motifs is 1. The molecule has 0 saturated carbocycles. The summed E-state index contributed by atoms with van der Waals surface area (Å²) >= 11 is 0. The van der Waals surface area contributed by atoms with Crippen LogP contribution in [0.3, 0.4) is 0 Å². The minimum Gasteiger partial charge on any atom is -0.484 e. The average molecular weight is 260 g/mol. The van der Waals surface area contributed by atoms with Crippen molar-refractivity contribution in [2.75, 3.05) is 0 Å². The molecule has 4 heteroatoms. The molecule has 1 atom stereocenters. The smallest absolute Gasteiger partial charge is 0.165 e. The fourth-order valence-electron chi connectivity index (χ4n) is 2.50. The van der Waals surface area contributed by atoms with Crippen LogP contribution in [0.4, 0.5) is 4.39 Å². The molecule has 3 nitrogen and oxygen atoms in total.